The van der Waals surface area contributed by atoms with Crippen molar-refractivity contribution in [1.82, 2.24) is 10.0 Å². The molecule has 3 N–H and O–H groups in total. The van der Waals surface area contributed by atoms with Gasteiger partial charge in [0.05, 0.1) is 18.5 Å². The predicted octanol–water partition coefficient (Wildman–Crippen LogP) is 1.32. The topological polar surface area (TPSA) is 113 Å². The van der Waals surface area contributed by atoms with Crippen LogP contribution in [-0.4, -0.2) is 37.5 Å². The van der Waals surface area contributed by atoms with Crippen molar-refractivity contribution < 1.29 is 23.1 Å². The van der Waals surface area contributed by atoms with Crippen LogP contribution in [0.15, 0.2) is 21.7 Å². The molecule has 0 bridgehead atoms. The van der Waals surface area contributed by atoms with Gasteiger partial charge in [0.25, 0.3) is 10.0 Å². The van der Waals surface area contributed by atoms with E-state index in [4.69, 9.17) is 5.11 Å². The number of carbonyl (C=O) groups is 2. The van der Waals surface area contributed by atoms with E-state index >= 15 is 0 Å². The SMILES string of the molecule is O=C(O)CC1(NC(=O)CNS(=O)(=O)c2cccs2)CCCCC1. The summed E-state index contributed by atoms with van der Waals surface area (Å²) in [4.78, 5) is 23.2. The first kappa shape index (κ1) is 17.9. The maximum Gasteiger partial charge on any atom is 0.305 e. The molecular weight excluding hydrogens is 340 g/mol. The van der Waals surface area contributed by atoms with E-state index in [1.807, 2.05) is 0 Å². The molecule has 0 spiro atoms. The summed E-state index contributed by atoms with van der Waals surface area (Å²) in [6.07, 6.45) is 3.78. The molecule has 0 unspecified atom stereocenters. The Labute approximate surface area is 139 Å². The average molecular weight is 360 g/mol. The van der Waals surface area contributed by atoms with Crippen molar-refractivity contribution in [3.63, 3.8) is 0 Å². The first-order valence-corrected chi connectivity index (χ1v) is 9.75. The van der Waals surface area contributed by atoms with Crippen LogP contribution in [0.5, 0.6) is 0 Å². The largest absolute Gasteiger partial charge is 0.481 e. The molecule has 1 amide bonds. The zero-order valence-corrected chi connectivity index (χ0v) is 14.2. The zero-order chi connectivity index (χ0) is 16.9. The molecule has 1 heterocycles. The van der Waals surface area contributed by atoms with Crippen molar-refractivity contribution in [3.8, 4) is 0 Å². The number of carboxylic acid groups (broad SMARTS) is 1. The van der Waals surface area contributed by atoms with E-state index in [0.717, 1.165) is 30.6 Å². The smallest absolute Gasteiger partial charge is 0.305 e. The van der Waals surface area contributed by atoms with Crippen LogP contribution in [0, 0.1) is 0 Å². The average Bonchev–Trinajstić information content (AvgIpc) is 3.00. The van der Waals surface area contributed by atoms with E-state index in [-0.39, 0.29) is 10.6 Å². The quantitative estimate of drug-likeness (QED) is 0.679. The van der Waals surface area contributed by atoms with Gasteiger partial charge in [-0.05, 0) is 24.3 Å². The number of hydrogen-bond acceptors (Lipinski definition) is 5. The van der Waals surface area contributed by atoms with Gasteiger partial charge < -0.3 is 10.4 Å². The molecule has 1 aromatic rings. The molecule has 2 rings (SSSR count). The van der Waals surface area contributed by atoms with E-state index < -0.39 is 34.0 Å². The van der Waals surface area contributed by atoms with Crippen LogP contribution >= 0.6 is 11.3 Å². The minimum atomic E-state index is -3.70. The highest BCUT2D eigenvalue weighted by molar-refractivity contribution is 7.91. The Kier molecular flexibility index (Phi) is 5.77. The van der Waals surface area contributed by atoms with Crippen LogP contribution in [0.1, 0.15) is 38.5 Å². The number of thiophene rings is 1. The maximum atomic E-state index is 12.1. The summed E-state index contributed by atoms with van der Waals surface area (Å²) in [6.45, 7) is -0.401. The Morgan fingerprint density at radius 1 is 1.26 bits per heavy atom. The van der Waals surface area contributed by atoms with Crippen molar-refractivity contribution >= 4 is 33.2 Å². The molecule has 0 radical (unpaired) electrons. The molecule has 1 aromatic heterocycles. The second-order valence-electron chi connectivity index (χ2n) is 5.72. The van der Waals surface area contributed by atoms with Gasteiger partial charge in [-0.1, -0.05) is 25.3 Å². The summed E-state index contributed by atoms with van der Waals surface area (Å²) < 4.78 is 26.3. The number of nitrogens with one attached hydrogen (secondary N) is 2. The molecule has 0 aromatic carbocycles. The fourth-order valence-corrected chi connectivity index (χ4v) is 4.87. The highest BCUT2D eigenvalue weighted by atomic mass is 32.2. The van der Waals surface area contributed by atoms with Crippen molar-refractivity contribution in [2.24, 2.45) is 0 Å². The minimum Gasteiger partial charge on any atom is -0.481 e. The van der Waals surface area contributed by atoms with Crippen LogP contribution in [-0.2, 0) is 19.6 Å². The fourth-order valence-electron chi connectivity index (χ4n) is 2.85. The lowest BCUT2D eigenvalue weighted by Gasteiger charge is -2.37. The van der Waals surface area contributed by atoms with Gasteiger partial charge in [0.2, 0.25) is 5.91 Å². The predicted molar refractivity (Wildman–Crippen MR) is 85.7 cm³/mol. The first-order chi connectivity index (χ1) is 10.8. The summed E-state index contributed by atoms with van der Waals surface area (Å²) in [5.41, 5.74) is -0.768. The van der Waals surface area contributed by atoms with Gasteiger partial charge in [-0.25, -0.2) is 13.1 Å². The van der Waals surface area contributed by atoms with Crippen LogP contribution in [0.3, 0.4) is 0 Å². The highest BCUT2D eigenvalue weighted by Gasteiger charge is 2.35. The molecule has 1 saturated carbocycles. The van der Waals surface area contributed by atoms with E-state index in [1.54, 1.807) is 11.4 Å². The van der Waals surface area contributed by atoms with Gasteiger partial charge in [-0.2, -0.15) is 0 Å². The number of rotatable bonds is 7. The Balaban J connectivity index is 1.95. The monoisotopic (exact) mass is 360 g/mol. The first-order valence-electron chi connectivity index (χ1n) is 7.39. The molecule has 9 heteroatoms. The molecule has 0 atom stereocenters. The van der Waals surface area contributed by atoms with Crippen molar-refractivity contribution in [2.75, 3.05) is 6.54 Å². The van der Waals surface area contributed by atoms with Gasteiger partial charge in [-0.15, -0.1) is 11.3 Å². The van der Waals surface area contributed by atoms with Crippen molar-refractivity contribution in [3.05, 3.63) is 17.5 Å². The Morgan fingerprint density at radius 3 is 2.52 bits per heavy atom. The van der Waals surface area contributed by atoms with E-state index in [2.05, 4.69) is 10.0 Å². The molecule has 7 nitrogen and oxygen atoms in total. The summed E-state index contributed by atoms with van der Waals surface area (Å²) in [5, 5.41) is 13.4. The molecule has 1 aliphatic rings. The Morgan fingerprint density at radius 2 is 1.96 bits per heavy atom. The summed E-state index contributed by atoms with van der Waals surface area (Å²) >= 11 is 1.06. The van der Waals surface area contributed by atoms with Gasteiger partial charge in [0.15, 0.2) is 0 Å². The number of carbonyl (C=O) groups excluding carboxylic acids is 1. The van der Waals surface area contributed by atoms with Gasteiger partial charge in [0, 0.05) is 0 Å². The van der Waals surface area contributed by atoms with E-state index in [1.165, 1.54) is 6.07 Å². The standard InChI is InChI=1S/C14H20N2O5S2/c17-11(10-15-23(20,21)13-5-4-8-22-13)16-14(9-12(18)19)6-2-1-3-7-14/h4-5,8,15H,1-3,6-7,9-10H2,(H,16,17)(H,18,19). The normalized spacial score (nSPS) is 17.6. The van der Waals surface area contributed by atoms with Crippen LogP contribution in [0.4, 0.5) is 0 Å². The lowest BCUT2D eigenvalue weighted by atomic mass is 9.79. The number of sulfonamides is 1. The third-order valence-electron chi connectivity index (χ3n) is 3.89. The Hall–Kier alpha value is -1.45. The minimum absolute atomic E-state index is 0.142. The number of aliphatic carboxylic acids is 1. The zero-order valence-electron chi connectivity index (χ0n) is 12.6. The number of carboxylic acids is 1. The maximum absolute atomic E-state index is 12.1. The van der Waals surface area contributed by atoms with Crippen molar-refractivity contribution in [1.29, 1.82) is 0 Å². The lowest BCUT2D eigenvalue weighted by molar-refractivity contribution is -0.139. The molecule has 1 aliphatic carbocycles. The summed E-state index contributed by atoms with van der Waals surface area (Å²) in [6, 6.07) is 3.07. The second-order valence-corrected chi connectivity index (χ2v) is 8.66. The van der Waals surface area contributed by atoms with E-state index in [9.17, 15) is 18.0 Å². The fraction of sp³-hybridized carbons (Fsp3) is 0.571. The molecular formula is C14H20N2O5S2. The van der Waals surface area contributed by atoms with Crippen LogP contribution in [0.2, 0.25) is 0 Å². The third kappa shape index (κ3) is 5.02. The molecule has 0 saturated heterocycles. The lowest BCUT2D eigenvalue weighted by Crippen LogP contribution is -2.53. The summed E-state index contributed by atoms with van der Waals surface area (Å²) in [5.74, 6) is -1.47. The highest BCUT2D eigenvalue weighted by Crippen LogP contribution is 2.31. The number of hydrogen-bond donors (Lipinski definition) is 3. The Bertz CT molecular complexity index is 649. The van der Waals surface area contributed by atoms with Gasteiger partial charge >= 0.3 is 5.97 Å². The van der Waals surface area contributed by atoms with Gasteiger partial charge in [0.1, 0.15) is 4.21 Å². The molecule has 128 valence electrons. The van der Waals surface area contributed by atoms with E-state index in [0.29, 0.717) is 12.8 Å². The molecule has 0 aliphatic heterocycles. The van der Waals surface area contributed by atoms with Gasteiger partial charge in [-0.3, -0.25) is 9.59 Å². The molecule has 1 fully saturated rings. The van der Waals surface area contributed by atoms with Crippen molar-refractivity contribution in [2.45, 2.75) is 48.3 Å². The molecule has 23 heavy (non-hydrogen) atoms. The number of amides is 1. The second kappa shape index (κ2) is 7.41. The van der Waals surface area contributed by atoms with Crippen LogP contribution < -0.4 is 10.0 Å². The van der Waals surface area contributed by atoms with Crippen LogP contribution in [0.25, 0.3) is 0 Å². The third-order valence-corrected chi connectivity index (χ3v) is 6.69. The summed E-state index contributed by atoms with van der Waals surface area (Å²) in [7, 11) is -3.70.